The van der Waals surface area contributed by atoms with E-state index < -0.39 is 12.1 Å². The van der Waals surface area contributed by atoms with Crippen LogP contribution in [0.15, 0.2) is 24.3 Å². The summed E-state index contributed by atoms with van der Waals surface area (Å²) in [5.74, 6) is 0.00479. The van der Waals surface area contributed by atoms with Gasteiger partial charge in [-0.3, -0.25) is 4.79 Å². The van der Waals surface area contributed by atoms with Crippen LogP contribution >= 0.6 is 0 Å². The third-order valence-corrected chi connectivity index (χ3v) is 3.01. The number of benzene rings is 1. The predicted octanol–water partition coefficient (Wildman–Crippen LogP) is 0.878. The van der Waals surface area contributed by atoms with Crippen molar-refractivity contribution in [3.05, 3.63) is 35.4 Å². The van der Waals surface area contributed by atoms with Gasteiger partial charge in [-0.2, -0.15) is 0 Å². The lowest BCUT2D eigenvalue weighted by Crippen LogP contribution is -2.49. The molecule has 0 saturated carbocycles. The smallest absolute Gasteiger partial charge is 0.312 e. The minimum absolute atomic E-state index is 0.00830. The standard InChI is InChI=1S/C15H23N3O3/c1-10(2)7-13(18-15(16)21)14(20)17-8-11-3-5-12(9-19)6-4-11/h3-6,10,13,19H,7-9H2,1-2H3,(H,17,20)(H3,16,18,21). The van der Waals surface area contributed by atoms with Gasteiger partial charge in [-0.05, 0) is 23.5 Å². The van der Waals surface area contributed by atoms with Gasteiger partial charge in [0.2, 0.25) is 5.91 Å². The SMILES string of the molecule is CC(C)CC(NC(N)=O)C(=O)NCc1ccc(CO)cc1. The van der Waals surface area contributed by atoms with Crippen LogP contribution in [-0.2, 0) is 17.9 Å². The van der Waals surface area contributed by atoms with Crippen LogP contribution in [0.1, 0.15) is 31.4 Å². The van der Waals surface area contributed by atoms with Gasteiger partial charge in [0.15, 0.2) is 0 Å². The van der Waals surface area contributed by atoms with Crippen molar-refractivity contribution in [1.29, 1.82) is 0 Å². The van der Waals surface area contributed by atoms with Crippen molar-refractivity contribution in [3.63, 3.8) is 0 Å². The van der Waals surface area contributed by atoms with E-state index in [2.05, 4.69) is 10.6 Å². The Morgan fingerprint density at radius 1 is 1.19 bits per heavy atom. The molecule has 0 aliphatic rings. The number of aliphatic hydroxyl groups excluding tert-OH is 1. The molecular weight excluding hydrogens is 270 g/mol. The zero-order valence-electron chi connectivity index (χ0n) is 12.4. The first kappa shape index (κ1) is 17.0. The fourth-order valence-corrected chi connectivity index (χ4v) is 1.95. The van der Waals surface area contributed by atoms with E-state index in [0.717, 1.165) is 11.1 Å². The number of nitrogens with one attached hydrogen (secondary N) is 2. The molecule has 21 heavy (non-hydrogen) atoms. The molecule has 0 radical (unpaired) electrons. The molecule has 1 atom stereocenters. The van der Waals surface area contributed by atoms with E-state index in [4.69, 9.17) is 10.8 Å². The van der Waals surface area contributed by atoms with E-state index in [1.165, 1.54) is 0 Å². The summed E-state index contributed by atoms with van der Waals surface area (Å²) >= 11 is 0. The Morgan fingerprint density at radius 3 is 2.24 bits per heavy atom. The fraction of sp³-hybridized carbons (Fsp3) is 0.467. The largest absolute Gasteiger partial charge is 0.392 e. The fourth-order valence-electron chi connectivity index (χ4n) is 1.95. The lowest BCUT2D eigenvalue weighted by Gasteiger charge is -2.19. The maximum Gasteiger partial charge on any atom is 0.312 e. The summed E-state index contributed by atoms with van der Waals surface area (Å²) in [6.45, 7) is 4.29. The molecule has 6 heteroatoms. The number of nitrogens with two attached hydrogens (primary N) is 1. The number of hydrogen-bond donors (Lipinski definition) is 4. The predicted molar refractivity (Wildman–Crippen MR) is 80.2 cm³/mol. The molecule has 0 heterocycles. The number of carbonyl (C=O) groups excluding carboxylic acids is 2. The normalized spacial score (nSPS) is 12.0. The third-order valence-electron chi connectivity index (χ3n) is 3.01. The van der Waals surface area contributed by atoms with Gasteiger partial charge < -0.3 is 21.5 Å². The Balaban J connectivity index is 2.57. The van der Waals surface area contributed by atoms with Crippen LogP contribution in [0.2, 0.25) is 0 Å². The molecule has 0 bridgehead atoms. The van der Waals surface area contributed by atoms with Gasteiger partial charge in [0.25, 0.3) is 0 Å². The van der Waals surface area contributed by atoms with Crippen LogP contribution in [0, 0.1) is 5.92 Å². The molecule has 6 nitrogen and oxygen atoms in total. The van der Waals surface area contributed by atoms with Gasteiger partial charge in [0.1, 0.15) is 6.04 Å². The molecule has 0 spiro atoms. The second-order valence-electron chi connectivity index (χ2n) is 5.38. The van der Waals surface area contributed by atoms with Gasteiger partial charge in [-0.25, -0.2) is 4.79 Å². The van der Waals surface area contributed by atoms with Crippen LogP contribution in [0.25, 0.3) is 0 Å². The van der Waals surface area contributed by atoms with E-state index in [1.807, 2.05) is 26.0 Å². The van der Waals surface area contributed by atoms with E-state index >= 15 is 0 Å². The molecule has 0 aromatic heterocycles. The topological polar surface area (TPSA) is 104 Å². The quantitative estimate of drug-likeness (QED) is 0.599. The Bertz CT molecular complexity index is 472. The molecule has 1 unspecified atom stereocenters. The highest BCUT2D eigenvalue weighted by Gasteiger charge is 2.20. The van der Waals surface area contributed by atoms with E-state index in [9.17, 15) is 9.59 Å². The summed E-state index contributed by atoms with van der Waals surface area (Å²) in [6, 6.07) is 5.95. The lowest BCUT2D eigenvalue weighted by molar-refractivity contribution is -0.123. The van der Waals surface area contributed by atoms with Crippen LogP contribution in [0.4, 0.5) is 4.79 Å². The molecule has 116 valence electrons. The maximum absolute atomic E-state index is 12.1. The zero-order valence-corrected chi connectivity index (χ0v) is 12.4. The molecule has 0 aliphatic heterocycles. The lowest BCUT2D eigenvalue weighted by atomic mass is 10.0. The van der Waals surface area contributed by atoms with Crippen molar-refractivity contribution >= 4 is 11.9 Å². The molecule has 0 aliphatic carbocycles. The van der Waals surface area contributed by atoms with Crippen LogP contribution in [0.3, 0.4) is 0 Å². The summed E-state index contributed by atoms with van der Waals surface area (Å²) < 4.78 is 0. The number of hydrogen-bond acceptors (Lipinski definition) is 3. The Labute approximate surface area is 124 Å². The van der Waals surface area contributed by atoms with Crippen molar-refractivity contribution in [1.82, 2.24) is 10.6 Å². The van der Waals surface area contributed by atoms with E-state index in [1.54, 1.807) is 12.1 Å². The number of primary amides is 1. The van der Waals surface area contributed by atoms with E-state index in [-0.39, 0.29) is 18.4 Å². The summed E-state index contributed by atoms with van der Waals surface area (Å²) in [6.07, 6.45) is 0.526. The summed E-state index contributed by atoms with van der Waals surface area (Å²) in [5.41, 5.74) is 6.83. The van der Waals surface area contributed by atoms with Gasteiger partial charge >= 0.3 is 6.03 Å². The van der Waals surface area contributed by atoms with Crippen molar-refractivity contribution in [2.45, 2.75) is 39.5 Å². The minimum Gasteiger partial charge on any atom is -0.392 e. The molecule has 1 aromatic rings. The summed E-state index contributed by atoms with van der Waals surface area (Å²) in [4.78, 5) is 23.0. The van der Waals surface area contributed by atoms with Gasteiger partial charge in [-0.1, -0.05) is 38.1 Å². The van der Waals surface area contributed by atoms with Gasteiger partial charge in [-0.15, -0.1) is 0 Å². The summed E-state index contributed by atoms with van der Waals surface area (Å²) in [5, 5.41) is 14.2. The molecule has 1 rings (SSSR count). The van der Waals surface area contributed by atoms with Crippen molar-refractivity contribution in [3.8, 4) is 0 Å². The number of urea groups is 1. The van der Waals surface area contributed by atoms with Crippen LogP contribution < -0.4 is 16.4 Å². The molecule has 5 N–H and O–H groups in total. The van der Waals surface area contributed by atoms with Gasteiger partial charge in [0, 0.05) is 6.54 Å². The van der Waals surface area contributed by atoms with Crippen LogP contribution in [0.5, 0.6) is 0 Å². The Hall–Kier alpha value is -2.08. The number of amides is 3. The van der Waals surface area contributed by atoms with Gasteiger partial charge in [0.05, 0.1) is 6.61 Å². The highest BCUT2D eigenvalue weighted by molar-refractivity contribution is 5.86. The average molecular weight is 293 g/mol. The first-order valence-corrected chi connectivity index (χ1v) is 6.94. The highest BCUT2D eigenvalue weighted by atomic mass is 16.3. The molecule has 3 amide bonds. The molecule has 1 aromatic carbocycles. The van der Waals surface area contributed by atoms with E-state index in [0.29, 0.717) is 13.0 Å². The molecule has 0 fully saturated rings. The zero-order chi connectivity index (χ0) is 15.8. The molecule has 0 saturated heterocycles. The van der Waals surface area contributed by atoms with Crippen molar-refractivity contribution < 1.29 is 14.7 Å². The third kappa shape index (κ3) is 6.27. The Kier molecular flexibility index (Phi) is 6.68. The summed E-state index contributed by atoms with van der Waals surface area (Å²) in [7, 11) is 0. The van der Waals surface area contributed by atoms with Crippen molar-refractivity contribution in [2.75, 3.05) is 0 Å². The average Bonchev–Trinajstić information content (AvgIpc) is 2.43. The number of carbonyl (C=O) groups is 2. The second-order valence-corrected chi connectivity index (χ2v) is 5.38. The highest BCUT2D eigenvalue weighted by Crippen LogP contribution is 2.07. The monoisotopic (exact) mass is 293 g/mol. The second kappa shape index (κ2) is 8.26. The maximum atomic E-state index is 12.1. The van der Waals surface area contributed by atoms with Crippen LogP contribution in [-0.4, -0.2) is 23.1 Å². The molecular formula is C15H23N3O3. The first-order valence-electron chi connectivity index (χ1n) is 6.94. The Morgan fingerprint density at radius 2 is 1.76 bits per heavy atom. The number of aliphatic hydroxyl groups is 1. The first-order chi connectivity index (χ1) is 9.92. The van der Waals surface area contributed by atoms with Crippen molar-refractivity contribution in [2.24, 2.45) is 11.7 Å². The number of rotatable bonds is 7. The minimum atomic E-state index is -0.705.